The van der Waals surface area contributed by atoms with E-state index in [-0.39, 0.29) is 30.2 Å². The van der Waals surface area contributed by atoms with E-state index in [1.807, 2.05) is 42.5 Å². The van der Waals surface area contributed by atoms with Crippen molar-refractivity contribution < 1.29 is 14.0 Å². The van der Waals surface area contributed by atoms with E-state index in [1.165, 1.54) is 24.2 Å². The standard InChI is InChI=1S/C30H32ClFN2O2S/c31-24-15-17-26(18-16-24)37-21-29(35)34(20-23-11-7-8-14-27(23)32)28(19-22-9-3-1-4-10-22)30(36)33-25-12-5-2-6-13-25/h1,3-4,7-11,14-18,25,28H,2,5-6,12-13,19-21H2,(H,33,36)/t28-/m1/s1. The normalized spacial score (nSPS) is 14.6. The van der Waals surface area contributed by atoms with Gasteiger partial charge in [0.2, 0.25) is 11.8 Å². The van der Waals surface area contributed by atoms with Crippen molar-refractivity contribution in [1.82, 2.24) is 10.2 Å². The molecule has 0 bridgehead atoms. The van der Waals surface area contributed by atoms with Crippen molar-refractivity contribution in [3.05, 3.63) is 101 Å². The number of hydrogen-bond donors (Lipinski definition) is 1. The highest BCUT2D eigenvalue weighted by Crippen LogP contribution is 2.24. The molecule has 4 nitrogen and oxygen atoms in total. The van der Waals surface area contributed by atoms with Crippen molar-refractivity contribution in [1.29, 1.82) is 0 Å². The van der Waals surface area contributed by atoms with Gasteiger partial charge in [-0.1, -0.05) is 79.4 Å². The minimum atomic E-state index is -0.762. The number of carbonyl (C=O) groups excluding carboxylic acids is 2. The Morgan fingerprint density at radius 3 is 2.32 bits per heavy atom. The maximum atomic E-state index is 14.7. The van der Waals surface area contributed by atoms with Crippen LogP contribution in [0.1, 0.15) is 43.2 Å². The van der Waals surface area contributed by atoms with Crippen LogP contribution in [0.15, 0.2) is 83.8 Å². The molecule has 0 heterocycles. The van der Waals surface area contributed by atoms with Crippen LogP contribution in [-0.2, 0) is 22.6 Å². The van der Waals surface area contributed by atoms with Crippen LogP contribution in [0, 0.1) is 5.82 Å². The lowest BCUT2D eigenvalue weighted by Crippen LogP contribution is -2.53. The molecule has 7 heteroatoms. The molecule has 2 amide bonds. The highest BCUT2D eigenvalue weighted by Gasteiger charge is 2.32. The van der Waals surface area contributed by atoms with Crippen LogP contribution in [0.4, 0.5) is 4.39 Å². The minimum Gasteiger partial charge on any atom is -0.352 e. The monoisotopic (exact) mass is 538 g/mol. The largest absolute Gasteiger partial charge is 0.352 e. The molecular weight excluding hydrogens is 507 g/mol. The fourth-order valence-corrected chi connectivity index (χ4v) is 5.58. The third-order valence-electron chi connectivity index (χ3n) is 6.70. The van der Waals surface area contributed by atoms with E-state index in [9.17, 15) is 14.0 Å². The van der Waals surface area contributed by atoms with Gasteiger partial charge in [-0.25, -0.2) is 4.39 Å². The summed E-state index contributed by atoms with van der Waals surface area (Å²) in [6, 6.07) is 22.7. The SMILES string of the molecule is O=C(NC1CCCCC1)[C@@H](Cc1ccccc1)N(Cc1ccccc1F)C(=O)CSc1ccc(Cl)cc1. The predicted molar refractivity (Wildman–Crippen MR) is 148 cm³/mol. The van der Waals surface area contributed by atoms with E-state index in [4.69, 9.17) is 11.6 Å². The molecule has 0 aliphatic heterocycles. The molecule has 0 aromatic heterocycles. The summed E-state index contributed by atoms with van der Waals surface area (Å²) in [7, 11) is 0. The third kappa shape index (κ3) is 8.08. The molecule has 1 saturated carbocycles. The Morgan fingerprint density at radius 1 is 0.946 bits per heavy atom. The van der Waals surface area contributed by atoms with Crippen molar-refractivity contribution in [3.8, 4) is 0 Å². The quantitative estimate of drug-likeness (QED) is 0.294. The lowest BCUT2D eigenvalue weighted by Gasteiger charge is -2.33. The van der Waals surface area contributed by atoms with E-state index in [0.717, 1.165) is 36.1 Å². The lowest BCUT2D eigenvalue weighted by atomic mass is 9.94. The third-order valence-corrected chi connectivity index (χ3v) is 7.95. The molecule has 4 rings (SSSR count). The van der Waals surface area contributed by atoms with Crippen LogP contribution >= 0.6 is 23.4 Å². The van der Waals surface area contributed by atoms with Gasteiger partial charge in [-0.05, 0) is 48.7 Å². The second kappa shape index (κ2) is 13.6. The van der Waals surface area contributed by atoms with Gasteiger partial charge in [0, 0.05) is 34.5 Å². The first-order chi connectivity index (χ1) is 18.0. The number of amides is 2. The second-order valence-electron chi connectivity index (χ2n) is 9.40. The average Bonchev–Trinajstić information content (AvgIpc) is 2.92. The van der Waals surface area contributed by atoms with Gasteiger partial charge in [-0.15, -0.1) is 11.8 Å². The second-order valence-corrected chi connectivity index (χ2v) is 10.9. The molecule has 0 spiro atoms. The summed E-state index contributed by atoms with van der Waals surface area (Å²) in [5.74, 6) is -0.672. The molecular formula is C30H32ClFN2O2S. The summed E-state index contributed by atoms with van der Waals surface area (Å²) >= 11 is 7.38. The van der Waals surface area contributed by atoms with Crippen molar-refractivity contribution in [2.45, 2.75) is 62.0 Å². The summed E-state index contributed by atoms with van der Waals surface area (Å²) in [4.78, 5) is 29.9. The number of nitrogens with one attached hydrogen (secondary N) is 1. The van der Waals surface area contributed by atoms with Crippen LogP contribution in [0.25, 0.3) is 0 Å². The highest BCUT2D eigenvalue weighted by molar-refractivity contribution is 8.00. The number of hydrogen-bond acceptors (Lipinski definition) is 3. The summed E-state index contributed by atoms with van der Waals surface area (Å²) in [6.07, 6.45) is 5.59. The van der Waals surface area contributed by atoms with Crippen LogP contribution in [0.5, 0.6) is 0 Å². The molecule has 3 aromatic rings. The number of nitrogens with zero attached hydrogens (tertiary/aromatic N) is 1. The van der Waals surface area contributed by atoms with Gasteiger partial charge in [0.15, 0.2) is 0 Å². The summed E-state index contributed by atoms with van der Waals surface area (Å²) in [6.45, 7) is 0.0161. The van der Waals surface area contributed by atoms with Crippen LogP contribution < -0.4 is 5.32 Å². The summed E-state index contributed by atoms with van der Waals surface area (Å²) < 4.78 is 14.7. The Kier molecular flexibility index (Phi) is 10.0. The fourth-order valence-electron chi connectivity index (χ4n) is 4.67. The molecule has 0 radical (unpaired) electrons. The number of thioether (sulfide) groups is 1. The van der Waals surface area contributed by atoms with Crippen molar-refractivity contribution in [3.63, 3.8) is 0 Å². The first-order valence-electron chi connectivity index (χ1n) is 12.7. The molecule has 0 saturated heterocycles. The summed E-state index contributed by atoms with van der Waals surface area (Å²) in [5, 5.41) is 3.83. The Balaban J connectivity index is 1.61. The first-order valence-corrected chi connectivity index (χ1v) is 14.1. The molecule has 1 atom stereocenters. The van der Waals surface area contributed by atoms with E-state index in [1.54, 1.807) is 35.2 Å². The molecule has 1 aliphatic carbocycles. The molecule has 1 N–H and O–H groups in total. The molecule has 194 valence electrons. The molecule has 0 unspecified atom stereocenters. The Morgan fingerprint density at radius 2 is 1.62 bits per heavy atom. The van der Waals surface area contributed by atoms with Crippen LogP contribution in [-0.4, -0.2) is 34.6 Å². The van der Waals surface area contributed by atoms with Crippen molar-refractivity contribution in [2.24, 2.45) is 0 Å². The summed E-state index contributed by atoms with van der Waals surface area (Å²) in [5.41, 5.74) is 1.33. The van der Waals surface area contributed by atoms with E-state index in [2.05, 4.69) is 5.32 Å². The number of benzene rings is 3. The average molecular weight is 539 g/mol. The molecule has 1 fully saturated rings. The minimum absolute atomic E-state index is 0.0161. The Labute approximate surface area is 227 Å². The zero-order valence-corrected chi connectivity index (χ0v) is 22.3. The Hall–Kier alpha value is -2.83. The van der Waals surface area contributed by atoms with Gasteiger partial charge >= 0.3 is 0 Å². The van der Waals surface area contributed by atoms with Gasteiger partial charge < -0.3 is 10.2 Å². The van der Waals surface area contributed by atoms with E-state index in [0.29, 0.717) is 17.0 Å². The lowest BCUT2D eigenvalue weighted by molar-refractivity contribution is -0.139. The number of halogens is 2. The molecule has 3 aromatic carbocycles. The van der Waals surface area contributed by atoms with Crippen molar-refractivity contribution >= 4 is 35.2 Å². The van der Waals surface area contributed by atoms with Gasteiger partial charge in [0.25, 0.3) is 0 Å². The number of rotatable bonds is 10. The van der Waals surface area contributed by atoms with Crippen LogP contribution in [0.3, 0.4) is 0 Å². The van der Waals surface area contributed by atoms with Crippen LogP contribution in [0.2, 0.25) is 5.02 Å². The highest BCUT2D eigenvalue weighted by atomic mass is 35.5. The molecule has 1 aliphatic rings. The van der Waals surface area contributed by atoms with Gasteiger partial charge in [-0.3, -0.25) is 9.59 Å². The molecule has 37 heavy (non-hydrogen) atoms. The maximum absolute atomic E-state index is 14.7. The zero-order chi connectivity index (χ0) is 26.0. The van der Waals surface area contributed by atoms with E-state index < -0.39 is 11.9 Å². The van der Waals surface area contributed by atoms with Gasteiger partial charge in [-0.2, -0.15) is 0 Å². The predicted octanol–water partition coefficient (Wildman–Crippen LogP) is 6.66. The first kappa shape index (κ1) is 27.2. The van der Waals surface area contributed by atoms with Gasteiger partial charge in [0.05, 0.1) is 5.75 Å². The topological polar surface area (TPSA) is 49.4 Å². The van der Waals surface area contributed by atoms with Crippen molar-refractivity contribution in [2.75, 3.05) is 5.75 Å². The zero-order valence-electron chi connectivity index (χ0n) is 20.7. The van der Waals surface area contributed by atoms with Gasteiger partial charge in [0.1, 0.15) is 11.9 Å². The fraction of sp³-hybridized carbons (Fsp3) is 0.333. The maximum Gasteiger partial charge on any atom is 0.243 e. The van der Waals surface area contributed by atoms with E-state index >= 15 is 0 Å². The Bertz CT molecular complexity index is 1170. The number of carbonyl (C=O) groups is 2. The smallest absolute Gasteiger partial charge is 0.243 e.